The van der Waals surface area contributed by atoms with E-state index < -0.39 is 17.8 Å². The Kier molecular flexibility index (Phi) is 2.28. The molecule has 0 fully saturated rings. The first kappa shape index (κ1) is 10.2. The number of pyridine rings is 1. The summed E-state index contributed by atoms with van der Waals surface area (Å²) in [4.78, 5) is 3.45. The second-order valence-electron chi connectivity index (χ2n) is 2.39. The fraction of sp³-hybridized carbons (Fsp3) is 0.167. The zero-order valence-electron chi connectivity index (χ0n) is 6.80. The van der Waals surface area contributed by atoms with E-state index in [9.17, 15) is 13.2 Å². The molecule has 1 rings (SSSR count). The van der Waals surface area contributed by atoms with E-state index in [-0.39, 0.29) is 11.5 Å². The van der Waals surface area contributed by atoms with Gasteiger partial charge in [-0.05, 0) is 0 Å². The van der Waals surface area contributed by atoms with Gasteiger partial charge in [0.25, 0.3) is 0 Å². The fourth-order valence-corrected chi connectivity index (χ4v) is 0.769. The highest BCUT2D eigenvalue weighted by atomic mass is 19.4. The lowest BCUT2D eigenvalue weighted by molar-refractivity contribution is -0.274. The lowest BCUT2D eigenvalue weighted by Crippen LogP contribution is -2.19. The summed E-state index contributed by atoms with van der Waals surface area (Å²) in [5, 5.41) is 0. The van der Waals surface area contributed by atoms with Gasteiger partial charge in [-0.2, -0.15) is 0 Å². The van der Waals surface area contributed by atoms with Gasteiger partial charge in [0.05, 0.1) is 11.9 Å². The number of rotatable bonds is 1. The molecular weight excluding hydrogens is 201 g/mol. The molecule has 0 atom stereocenters. The summed E-state index contributed by atoms with van der Waals surface area (Å²) in [7, 11) is 0. The SMILES string of the molecule is Nc1cnc(N)c(N)c1OC(F)(F)F. The van der Waals surface area contributed by atoms with Gasteiger partial charge in [-0.25, -0.2) is 4.98 Å². The maximum Gasteiger partial charge on any atom is 0.573 e. The highest BCUT2D eigenvalue weighted by molar-refractivity contribution is 5.75. The second kappa shape index (κ2) is 3.13. The Morgan fingerprint density at radius 1 is 1.21 bits per heavy atom. The molecule has 0 saturated heterocycles. The van der Waals surface area contributed by atoms with Crippen molar-refractivity contribution in [2.75, 3.05) is 17.2 Å². The summed E-state index contributed by atoms with van der Waals surface area (Å²) >= 11 is 0. The third-order valence-electron chi connectivity index (χ3n) is 1.34. The number of nitrogen functional groups attached to an aromatic ring is 3. The Bertz CT molecular complexity index is 352. The molecule has 14 heavy (non-hydrogen) atoms. The molecule has 0 radical (unpaired) electrons. The van der Waals surface area contributed by atoms with Crippen LogP contribution in [0, 0.1) is 0 Å². The van der Waals surface area contributed by atoms with E-state index in [0.717, 1.165) is 6.20 Å². The van der Waals surface area contributed by atoms with Crippen LogP contribution in [0.1, 0.15) is 0 Å². The maximum atomic E-state index is 11.8. The van der Waals surface area contributed by atoms with Crippen molar-refractivity contribution in [2.45, 2.75) is 6.36 Å². The molecule has 5 nitrogen and oxygen atoms in total. The van der Waals surface area contributed by atoms with E-state index in [1.54, 1.807) is 0 Å². The second-order valence-corrected chi connectivity index (χ2v) is 2.39. The predicted octanol–water partition coefficient (Wildman–Crippen LogP) is 0.727. The molecule has 0 aliphatic heterocycles. The van der Waals surface area contributed by atoms with Gasteiger partial charge < -0.3 is 21.9 Å². The lowest BCUT2D eigenvalue weighted by Gasteiger charge is -2.13. The van der Waals surface area contributed by atoms with E-state index in [1.807, 2.05) is 0 Å². The van der Waals surface area contributed by atoms with Crippen molar-refractivity contribution in [3.8, 4) is 5.75 Å². The topological polar surface area (TPSA) is 100 Å². The number of nitrogens with zero attached hydrogens (tertiary/aromatic N) is 1. The summed E-state index contributed by atoms with van der Waals surface area (Å²) in [5.74, 6) is -0.983. The van der Waals surface area contributed by atoms with E-state index in [2.05, 4.69) is 9.72 Å². The highest BCUT2D eigenvalue weighted by Crippen LogP contribution is 2.35. The zero-order valence-corrected chi connectivity index (χ0v) is 6.80. The van der Waals surface area contributed by atoms with Crippen molar-refractivity contribution in [2.24, 2.45) is 0 Å². The average Bonchev–Trinajstić information content (AvgIpc) is 2.04. The molecule has 0 spiro atoms. The van der Waals surface area contributed by atoms with Crippen LogP contribution in [0.5, 0.6) is 5.75 Å². The number of nitrogens with two attached hydrogens (primary N) is 3. The van der Waals surface area contributed by atoms with Crippen molar-refractivity contribution >= 4 is 17.2 Å². The van der Waals surface area contributed by atoms with Gasteiger partial charge in [-0.15, -0.1) is 13.2 Å². The van der Waals surface area contributed by atoms with Crippen LogP contribution in [0.15, 0.2) is 6.20 Å². The summed E-state index contributed by atoms with van der Waals surface area (Å²) in [6, 6.07) is 0. The number of alkyl halides is 3. The minimum atomic E-state index is -4.87. The summed E-state index contributed by atoms with van der Waals surface area (Å²) in [5.41, 5.74) is 14.8. The van der Waals surface area contributed by atoms with Gasteiger partial charge in [0.1, 0.15) is 5.69 Å². The van der Waals surface area contributed by atoms with Crippen molar-refractivity contribution in [1.82, 2.24) is 4.98 Å². The largest absolute Gasteiger partial charge is 0.573 e. The number of halogens is 3. The van der Waals surface area contributed by atoms with Gasteiger partial charge in [0.2, 0.25) is 0 Å². The standard InChI is InChI=1S/C6H7F3N4O/c7-6(8,9)14-4-2(10)1-13-5(12)3(4)11/h1H,10-11H2,(H2,12,13). The molecule has 1 aromatic heterocycles. The molecule has 0 saturated carbocycles. The first-order valence-corrected chi connectivity index (χ1v) is 3.36. The van der Waals surface area contributed by atoms with Crippen molar-refractivity contribution in [3.05, 3.63) is 6.20 Å². The molecular formula is C6H7F3N4O. The molecule has 8 heteroatoms. The monoisotopic (exact) mass is 208 g/mol. The Labute approximate surface area is 76.6 Å². The summed E-state index contributed by atoms with van der Waals surface area (Å²) in [6.07, 6.45) is -3.93. The van der Waals surface area contributed by atoms with Gasteiger partial charge >= 0.3 is 6.36 Å². The number of hydrogen-bond donors (Lipinski definition) is 3. The maximum absolute atomic E-state index is 11.8. The van der Waals surface area contributed by atoms with E-state index in [0.29, 0.717) is 0 Å². The Hall–Kier alpha value is -1.86. The quantitative estimate of drug-likeness (QED) is 0.631. The average molecular weight is 208 g/mol. The Balaban J connectivity index is 3.13. The molecule has 0 aromatic carbocycles. The van der Waals surface area contributed by atoms with E-state index >= 15 is 0 Å². The smallest absolute Gasteiger partial charge is 0.401 e. The van der Waals surface area contributed by atoms with Crippen LogP contribution in [0.25, 0.3) is 0 Å². The molecule has 0 aliphatic rings. The van der Waals surface area contributed by atoms with Crippen LogP contribution in [0.2, 0.25) is 0 Å². The molecule has 0 bridgehead atoms. The third kappa shape index (κ3) is 2.09. The molecule has 0 amide bonds. The first-order chi connectivity index (χ1) is 6.31. The molecule has 78 valence electrons. The number of anilines is 3. The Morgan fingerprint density at radius 2 is 1.79 bits per heavy atom. The van der Waals surface area contributed by atoms with Crippen LogP contribution >= 0.6 is 0 Å². The number of hydrogen-bond acceptors (Lipinski definition) is 5. The van der Waals surface area contributed by atoms with Gasteiger partial charge in [0, 0.05) is 0 Å². The predicted molar refractivity (Wildman–Crippen MR) is 44.2 cm³/mol. The molecule has 1 heterocycles. The van der Waals surface area contributed by atoms with Gasteiger partial charge in [0.15, 0.2) is 11.6 Å². The van der Waals surface area contributed by atoms with Crippen LogP contribution in [0.4, 0.5) is 30.4 Å². The molecule has 1 aromatic rings. The number of aromatic nitrogens is 1. The lowest BCUT2D eigenvalue weighted by atomic mass is 10.3. The summed E-state index contributed by atoms with van der Waals surface area (Å²) < 4.78 is 39.1. The minimum Gasteiger partial charge on any atom is -0.401 e. The molecule has 6 N–H and O–H groups in total. The van der Waals surface area contributed by atoms with Gasteiger partial charge in [-0.3, -0.25) is 0 Å². The van der Waals surface area contributed by atoms with Crippen LogP contribution in [0.3, 0.4) is 0 Å². The molecule has 0 aliphatic carbocycles. The van der Waals surface area contributed by atoms with Crippen LogP contribution in [-0.2, 0) is 0 Å². The zero-order chi connectivity index (χ0) is 10.9. The van der Waals surface area contributed by atoms with Crippen molar-refractivity contribution in [3.63, 3.8) is 0 Å². The molecule has 0 unspecified atom stereocenters. The Morgan fingerprint density at radius 3 is 2.29 bits per heavy atom. The van der Waals surface area contributed by atoms with Crippen molar-refractivity contribution < 1.29 is 17.9 Å². The third-order valence-corrected chi connectivity index (χ3v) is 1.34. The van der Waals surface area contributed by atoms with Crippen LogP contribution < -0.4 is 21.9 Å². The summed E-state index contributed by atoms with van der Waals surface area (Å²) in [6.45, 7) is 0. The minimum absolute atomic E-state index is 0.265. The van der Waals surface area contributed by atoms with Gasteiger partial charge in [-0.1, -0.05) is 0 Å². The first-order valence-electron chi connectivity index (χ1n) is 3.36. The fourth-order valence-electron chi connectivity index (χ4n) is 0.769. The highest BCUT2D eigenvalue weighted by Gasteiger charge is 2.33. The number of ether oxygens (including phenoxy) is 1. The van der Waals surface area contributed by atoms with Crippen molar-refractivity contribution in [1.29, 1.82) is 0 Å². The van der Waals surface area contributed by atoms with Crippen LogP contribution in [-0.4, -0.2) is 11.3 Å². The van der Waals surface area contributed by atoms with E-state index in [4.69, 9.17) is 17.2 Å². The normalized spacial score (nSPS) is 11.4. The van der Waals surface area contributed by atoms with E-state index in [1.165, 1.54) is 0 Å².